The van der Waals surface area contributed by atoms with Gasteiger partial charge in [-0.25, -0.2) is 0 Å². The van der Waals surface area contributed by atoms with Crippen LogP contribution in [-0.2, 0) is 24.0 Å². The van der Waals surface area contributed by atoms with E-state index in [1.807, 2.05) is 0 Å². The van der Waals surface area contributed by atoms with E-state index in [1.165, 1.54) is 12.3 Å². The predicted octanol–water partition coefficient (Wildman–Crippen LogP) is 0.781. The molecule has 26 heavy (non-hydrogen) atoms. The summed E-state index contributed by atoms with van der Waals surface area (Å²) >= 11 is 9.12. The average Bonchev–Trinajstić information content (AvgIpc) is 2.62. The molecule has 143 valence electrons. The summed E-state index contributed by atoms with van der Waals surface area (Å²) in [6.07, 6.45) is 1.24. The van der Waals surface area contributed by atoms with E-state index in [9.17, 15) is 10.2 Å². The van der Waals surface area contributed by atoms with Crippen LogP contribution < -0.4 is 15.3 Å². The number of rotatable bonds is 3. The van der Waals surface area contributed by atoms with Gasteiger partial charge in [-0.1, -0.05) is 57.5 Å². The third kappa shape index (κ3) is 9.93. The van der Waals surface area contributed by atoms with Crippen molar-refractivity contribution in [1.29, 1.82) is 0 Å². The van der Waals surface area contributed by atoms with Gasteiger partial charge in [0.25, 0.3) is 0 Å². The van der Waals surface area contributed by atoms with E-state index in [1.54, 1.807) is 36.4 Å². The number of benzene rings is 2. The van der Waals surface area contributed by atoms with Gasteiger partial charge in [-0.05, 0) is 23.8 Å². The fourth-order valence-corrected chi connectivity index (χ4v) is 2.05. The van der Waals surface area contributed by atoms with Gasteiger partial charge >= 0.3 is 0 Å². The van der Waals surface area contributed by atoms with Gasteiger partial charge in [-0.3, -0.25) is 0 Å². The molecule has 1 radical (unpaired) electrons. The van der Waals surface area contributed by atoms with Crippen LogP contribution in [0.4, 0.5) is 0 Å². The molecule has 0 aliphatic carbocycles. The molecular weight excluding hydrogens is 466 g/mol. The first-order valence-electron chi connectivity index (χ1n) is 6.43. The molecule has 0 unspecified atom stereocenters. The summed E-state index contributed by atoms with van der Waals surface area (Å²) in [6, 6.07) is 11.2. The van der Waals surface area contributed by atoms with Crippen LogP contribution in [0.2, 0.25) is 5.02 Å². The number of hydrogen-bond acceptors (Lipinski definition) is 6. The van der Waals surface area contributed by atoms with Crippen molar-refractivity contribution in [3.8, 4) is 5.75 Å². The molecule has 0 bridgehead atoms. The molecule has 0 heterocycles. The smallest absolute Gasteiger partial charge is 0.0562 e. The number of halogens is 2. The summed E-state index contributed by atoms with van der Waals surface area (Å²) in [5.74, 6) is -0.758. The van der Waals surface area contributed by atoms with E-state index in [2.05, 4.69) is 26.1 Å². The maximum Gasteiger partial charge on any atom is 0.0562 e. The van der Waals surface area contributed by atoms with Crippen LogP contribution >= 0.6 is 27.5 Å². The molecule has 2 aromatic carbocycles. The number of hydrogen-bond donors (Lipinski definition) is 1. The van der Waals surface area contributed by atoms with Gasteiger partial charge in [-0.15, -0.1) is 0 Å². The molecule has 1 N–H and O–H groups in total. The Hall–Kier alpha value is -1.39. The first-order chi connectivity index (χ1) is 11.6. The van der Waals surface area contributed by atoms with E-state index in [0.29, 0.717) is 10.6 Å². The Morgan fingerprint density at radius 1 is 1.15 bits per heavy atom. The zero-order valence-corrected chi connectivity index (χ0v) is 17.5. The topological polar surface area (TPSA) is 143 Å². The first kappa shape index (κ1) is 29.4. The number of aliphatic hydroxyl groups excluding tert-OH is 1. The standard InChI is InChI=1S/C14H10BrClN2O2.CH4O.CH3O.O.V/c15-10-5-6-13(19)9(7-10)8-17-18-14(20)11-3-1-2-4-12(11)16;2*1-2;;/h1-8,19H,(H,18,20);2H,1H3;1H3;;/q;;-1;-2;/p-2/b17-8+;;;;. The molecule has 2 aromatic rings. The molecule has 0 aliphatic heterocycles. The summed E-state index contributed by atoms with van der Waals surface area (Å²) in [5.41, 5.74) is 0.609. The van der Waals surface area contributed by atoms with Gasteiger partial charge in [0.15, 0.2) is 0 Å². The maximum absolute atomic E-state index is 11.8. The Kier molecular flexibility index (Phi) is 19.3. The van der Waals surface area contributed by atoms with Crippen LogP contribution in [0.25, 0.3) is 0 Å². The average molecular weight is 482 g/mol. The van der Waals surface area contributed by atoms with Crippen molar-refractivity contribution in [2.75, 3.05) is 14.2 Å². The summed E-state index contributed by atoms with van der Waals surface area (Å²) in [4.78, 5) is 0. The summed E-state index contributed by atoms with van der Waals surface area (Å²) in [6.45, 7) is 0. The van der Waals surface area contributed by atoms with Crippen molar-refractivity contribution in [2.24, 2.45) is 10.2 Å². The molecule has 10 heteroatoms. The zero-order valence-electron chi connectivity index (χ0n) is 13.8. The SMILES string of the molecule is CO.C[O-].[O-2].[O-]/C(=N\N=C\c1cc(Br)ccc1[O-])c1ccccc1Cl.[V]. The molecule has 0 spiro atoms. The molecule has 2 rings (SSSR count). The largest absolute Gasteiger partial charge is 2.00 e. The molecule has 0 atom stereocenters. The number of nitrogens with zero attached hydrogens (tertiary/aromatic N) is 2. The Balaban J connectivity index is -0.000000824. The van der Waals surface area contributed by atoms with E-state index in [-0.39, 0.29) is 35.3 Å². The van der Waals surface area contributed by atoms with Crippen molar-refractivity contribution >= 4 is 39.6 Å². The summed E-state index contributed by atoms with van der Waals surface area (Å²) in [7, 11) is 1.75. The van der Waals surface area contributed by atoms with Gasteiger partial charge in [-0.2, -0.15) is 17.3 Å². The van der Waals surface area contributed by atoms with Gasteiger partial charge in [0.05, 0.1) is 6.21 Å². The van der Waals surface area contributed by atoms with Crippen molar-refractivity contribution in [1.82, 2.24) is 0 Å². The van der Waals surface area contributed by atoms with Gasteiger partial charge < -0.3 is 25.9 Å². The van der Waals surface area contributed by atoms with E-state index in [4.69, 9.17) is 21.8 Å². The predicted molar refractivity (Wildman–Crippen MR) is 93.9 cm³/mol. The molecule has 0 amide bonds. The van der Waals surface area contributed by atoms with Gasteiger partial charge in [0.1, 0.15) is 0 Å². The van der Waals surface area contributed by atoms with Crippen LogP contribution in [0.3, 0.4) is 0 Å². The van der Waals surface area contributed by atoms with Gasteiger partial charge in [0.2, 0.25) is 0 Å². The Bertz CT molecular complexity index is 702. The Morgan fingerprint density at radius 3 is 2.31 bits per heavy atom. The number of aliphatic hydroxyl groups is 1. The minimum absolute atomic E-state index is 0. The maximum atomic E-state index is 11.8. The van der Waals surface area contributed by atoms with Crippen molar-refractivity contribution in [3.05, 3.63) is 63.1 Å². The van der Waals surface area contributed by atoms with Crippen LogP contribution in [0.1, 0.15) is 11.1 Å². The second-order valence-corrected chi connectivity index (χ2v) is 5.13. The third-order valence-corrected chi connectivity index (χ3v) is 3.24. The third-order valence-electron chi connectivity index (χ3n) is 2.42. The first-order valence-corrected chi connectivity index (χ1v) is 7.60. The summed E-state index contributed by atoms with van der Waals surface area (Å²) < 4.78 is 0.746. The van der Waals surface area contributed by atoms with Gasteiger partial charge in [0, 0.05) is 46.6 Å². The van der Waals surface area contributed by atoms with Crippen LogP contribution in [0.5, 0.6) is 5.75 Å². The fraction of sp³-hybridized carbons (Fsp3) is 0.125. The molecule has 0 aromatic heterocycles. The molecule has 0 saturated carbocycles. The minimum atomic E-state index is -0.561. The van der Waals surface area contributed by atoms with E-state index in [0.717, 1.165) is 18.7 Å². The molecular formula is C16H15BrClN2O5V-5. The molecule has 0 saturated heterocycles. The normalized spacial score (nSPS) is 9.69. The van der Waals surface area contributed by atoms with Crippen LogP contribution in [-0.4, -0.2) is 31.4 Å². The van der Waals surface area contributed by atoms with E-state index < -0.39 is 5.90 Å². The second kappa shape index (κ2) is 17.0. The van der Waals surface area contributed by atoms with Crippen molar-refractivity contribution in [2.45, 2.75) is 0 Å². The van der Waals surface area contributed by atoms with Crippen LogP contribution in [0.15, 0.2) is 57.1 Å². The monoisotopic (exact) mass is 480 g/mol. The Labute approximate surface area is 177 Å². The Morgan fingerprint density at radius 2 is 1.73 bits per heavy atom. The van der Waals surface area contributed by atoms with E-state index >= 15 is 0 Å². The fourth-order valence-electron chi connectivity index (χ4n) is 1.45. The van der Waals surface area contributed by atoms with Crippen LogP contribution in [0, 0.1) is 0 Å². The zero-order chi connectivity index (χ0) is 18.5. The molecule has 0 aliphatic rings. The van der Waals surface area contributed by atoms with Crippen molar-refractivity contribution < 1.29 is 44.5 Å². The quantitative estimate of drug-likeness (QED) is 0.392. The van der Waals surface area contributed by atoms with Crippen molar-refractivity contribution in [3.63, 3.8) is 0 Å². The molecule has 7 nitrogen and oxygen atoms in total. The molecule has 0 fully saturated rings. The minimum Gasteiger partial charge on any atom is -2.00 e. The summed E-state index contributed by atoms with van der Waals surface area (Å²) in [5, 5.41) is 46.0. The second-order valence-electron chi connectivity index (χ2n) is 3.81.